The van der Waals surface area contributed by atoms with Crippen LogP contribution in [0.5, 0.6) is 0 Å². The molecule has 0 bridgehead atoms. The summed E-state index contributed by atoms with van der Waals surface area (Å²) in [5.74, 6) is 0.0449. The van der Waals surface area contributed by atoms with Gasteiger partial charge in [-0.1, -0.05) is 18.2 Å². The molecule has 8 nitrogen and oxygen atoms in total. The van der Waals surface area contributed by atoms with Crippen LogP contribution in [0.4, 0.5) is 11.5 Å². The van der Waals surface area contributed by atoms with E-state index in [2.05, 4.69) is 10.3 Å². The summed E-state index contributed by atoms with van der Waals surface area (Å²) in [5, 5.41) is 13.6. The van der Waals surface area contributed by atoms with E-state index in [1.54, 1.807) is 24.4 Å². The molecule has 3 rings (SSSR count). The molecular formula is C19H16N4O4. The number of nitrogens with one attached hydrogen (secondary N) is 1. The van der Waals surface area contributed by atoms with Crippen molar-refractivity contribution in [3.05, 3.63) is 98.1 Å². The van der Waals surface area contributed by atoms with Gasteiger partial charge in [-0.3, -0.25) is 19.7 Å². The SMILES string of the molecule is Cc1cccnc1NC(=O)c1ccc(=O)n(Cc2cccc([N+](=O)[O-])c2)c1. The minimum absolute atomic E-state index is 0.0555. The molecule has 2 aromatic heterocycles. The summed E-state index contributed by atoms with van der Waals surface area (Å²) < 4.78 is 1.33. The molecule has 0 saturated heterocycles. The fourth-order valence-corrected chi connectivity index (χ4v) is 2.55. The van der Waals surface area contributed by atoms with Crippen LogP contribution in [0.1, 0.15) is 21.5 Å². The molecule has 0 aliphatic carbocycles. The van der Waals surface area contributed by atoms with Crippen molar-refractivity contribution in [3.63, 3.8) is 0 Å². The molecule has 0 radical (unpaired) electrons. The first-order valence-electron chi connectivity index (χ1n) is 8.11. The number of amides is 1. The van der Waals surface area contributed by atoms with E-state index >= 15 is 0 Å². The number of rotatable bonds is 5. The second kappa shape index (κ2) is 7.61. The molecule has 3 aromatic rings. The Morgan fingerprint density at radius 3 is 2.78 bits per heavy atom. The number of carbonyl (C=O) groups is 1. The average Bonchev–Trinajstić information content (AvgIpc) is 2.65. The quantitative estimate of drug-likeness (QED) is 0.553. The van der Waals surface area contributed by atoms with Gasteiger partial charge in [0.25, 0.3) is 17.2 Å². The Bertz CT molecular complexity index is 1080. The minimum Gasteiger partial charge on any atom is -0.310 e. The van der Waals surface area contributed by atoms with E-state index in [0.717, 1.165) is 5.56 Å². The normalized spacial score (nSPS) is 10.4. The molecule has 136 valence electrons. The zero-order valence-electron chi connectivity index (χ0n) is 14.5. The van der Waals surface area contributed by atoms with Crippen molar-refractivity contribution in [2.24, 2.45) is 0 Å². The zero-order valence-corrected chi connectivity index (χ0v) is 14.5. The molecule has 2 heterocycles. The lowest BCUT2D eigenvalue weighted by atomic mass is 10.2. The van der Waals surface area contributed by atoms with Gasteiger partial charge < -0.3 is 9.88 Å². The molecule has 0 aliphatic rings. The van der Waals surface area contributed by atoms with Crippen molar-refractivity contribution in [3.8, 4) is 0 Å². The molecule has 0 aliphatic heterocycles. The van der Waals surface area contributed by atoms with Crippen molar-refractivity contribution in [1.29, 1.82) is 0 Å². The smallest absolute Gasteiger partial charge is 0.269 e. The summed E-state index contributed by atoms with van der Waals surface area (Å²) in [7, 11) is 0. The topological polar surface area (TPSA) is 107 Å². The highest BCUT2D eigenvalue weighted by atomic mass is 16.6. The number of aromatic nitrogens is 2. The maximum atomic E-state index is 12.5. The lowest BCUT2D eigenvalue weighted by Gasteiger charge is -2.10. The van der Waals surface area contributed by atoms with E-state index in [9.17, 15) is 19.7 Å². The van der Waals surface area contributed by atoms with Crippen LogP contribution in [0.3, 0.4) is 0 Å². The van der Waals surface area contributed by atoms with E-state index < -0.39 is 10.8 Å². The number of carbonyl (C=O) groups excluding carboxylic acids is 1. The van der Waals surface area contributed by atoms with Crippen LogP contribution in [0.25, 0.3) is 0 Å². The molecule has 8 heteroatoms. The number of pyridine rings is 2. The summed E-state index contributed by atoms with van der Waals surface area (Å²) in [6.45, 7) is 1.94. The van der Waals surface area contributed by atoms with Crippen molar-refractivity contribution in [2.75, 3.05) is 5.32 Å². The van der Waals surface area contributed by atoms with E-state index in [-0.39, 0.29) is 23.4 Å². The molecule has 0 atom stereocenters. The van der Waals surface area contributed by atoms with Crippen molar-refractivity contribution >= 4 is 17.4 Å². The van der Waals surface area contributed by atoms with Gasteiger partial charge in [-0.15, -0.1) is 0 Å². The molecule has 1 amide bonds. The highest BCUT2D eigenvalue weighted by molar-refractivity contribution is 6.03. The summed E-state index contributed by atoms with van der Waals surface area (Å²) in [4.78, 5) is 39.1. The highest BCUT2D eigenvalue weighted by Gasteiger charge is 2.11. The largest absolute Gasteiger partial charge is 0.310 e. The molecule has 0 unspecified atom stereocenters. The predicted molar refractivity (Wildman–Crippen MR) is 99.8 cm³/mol. The molecule has 1 aromatic carbocycles. The summed E-state index contributed by atoms with van der Waals surface area (Å²) in [6.07, 6.45) is 3.00. The third kappa shape index (κ3) is 4.24. The number of benzene rings is 1. The minimum atomic E-state index is -0.495. The first kappa shape index (κ1) is 18.0. The molecule has 0 saturated carbocycles. The van der Waals surface area contributed by atoms with Gasteiger partial charge in [0, 0.05) is 30.6 Å². The van der Waals surface area contributed by atoms with Crippen molar-refractivity contribution < 1.29 is 9.72 Å². The molecular weight excluding hydrogens is 348 g/mol. The average molecular weight is 364 g/mol. The number of hydrogen-bond acceptors (Lipinski definition) is 5. The highest BCUT2D eigenvalue weighted by Crippen LogP contribution is 2.14. The first-order valence-corrected chi connectivity index (χ1v) is 8.11. The Morgan fingerprint density at radius 2 is 2.04 bits per heavy atom. The van der Waals surface area contributed by atoms with Gasteiger partial charge in [0.05, 0.1) is 17.0 Å². The zero-order chi connectivity index (χ0) is 19.4. The third-order valence-electron chi connectivity index (χ3n) is 3.96. The number of non-ortho nitro benzene ring substituents is 1. The van der Waals surface area contributed by atoms with E-state index in [4.69, 9.17) is 0 Å². The number of aryl methyl sites for hydroxylation is 1. The number of hydrogen-bond donors (Lipinski definition) is 1. The second-order valence-electron chi connectivity index (χ2n) is 5.93. The number of nitro groups is 1. The van der Waals surface area contributed by atoms with Crippen LogP contribution >= 0.6 is 0 Å². The summed E-state index contributed by atoms with van der Waals surface area (Å²) in [6, 6.07) is 12.3. The van der Waals surface area contributed by atoms with Crippen LogP contribution < -0.4 is 10.9 Å². The Morgan fingerprint density at radius 1 is 1.22 bits per heavy atom. The fourth-order valence-electron chi connectivity index (χ4n) is 2.55. The Labute approximate surface area is 154 Å². The molecule has 27 heavy (non-hydrogen) atoms. The Balaban J connectivity index is 1.85. The van der Waals surface area contributed by atoms with E-state index in [1.165, 1.54) is 35.0 Å². The monoisotopic (exact) mass is 364 g/mol. The predicted octanol–water partition coefficient (Wildman–Crippen LogP) is 2.76. The molecule has 0 spiro atoms. The van der Waals surface area contributed by atoms with Gasteiger partial charge >= 0.3 is 0 Å². The summed E-state index contributed by atoms with van der Waals surface area (Å²) >= 11 is 0. The van der Waals surface area contributed by atoms with Crippen LogP contribution in [-0.2, 0) is 6.54 Å². The first-order chi connectivity index (χ1) is 12.9. The van der Waals surface area contributed by atoms with Crippen LogP contribution in [0.2, 0.25) is 0 Å². The van der Waals surface area contributed by atoms with E-state index in [1.807, 2.05) is 13.0 Å². The fraction of sp³-hybridized carbons (Fsp3) is 0.105. The lowest BCUT2D eigenvalue weighted by Crippen LogP contribution is -2.23. The molecule has 0 fully saturated rings. The van der Waals surface area contributed by atoms with Gasteiger partial charge in [-0.05, 0) is 30.2 Å². The maximum absolute atomic E-state index is 12.5. The van der Waals surface area contributed by atoms with Gasteiger partial charge in [-0.2, -0.15) is 0 Å². The number of nitrogens with zero attached hydrogens (tertiary/aromatic N) is 3. The van der Waals surface area contributed by atoms with Crippen molar-refractivity contribution in [1.82, 2.24) is 9.55 Å². The van der Waals surface area contributed by atoms with Crippen LogP contribution in [0, 0.1) is 17.0 Å². The van der Waals surface area contributed by atoms with Gasteiger partial charge in [0.2, 0.25) is 0 Å². The van der Waals surface area contributed by atoms with Gasteiger partial charge in [-0.25, -0.2) is 4.98 Å². The molecule has 1 N–H and O–H groups in total. The number of anilines is 1. The van der Waals surface area contributed by atoms with Gasteiger partial charge in [0.1, 0.15) is 5.82 Å². The Hall–Kier alpha value is -3.81. The van der Waals surface area contributed by atoms with Gasteiger partial charge in [0.15, 0.2) is 0 Å². The van der Waals surface area contributed by atoms with Crippen LogP contribution in [0.15, 0.2) is 65.7 Å². The standard InChI is InChI=1S/C19H16N4O4/c1-13-4-3-9-20-18(13)21-19(25)15-7-8-17(24)22(12-15)11-14-5-2-6-16(10-14)23(26)27/h2-10,12H,11H2,1H3,(H,20,21,25). The maximum Gasteiger partial charge on any atom is 0.269 e. The summed E-state index contributed by atoms with van der Waals surface area (Å²) in [5.41, 5.74) is 1.32. The third-order valence-corrected chi connectivity index (χ3v) is 3.96. The Kier molecular flexibility index (Phi) is 5.07. The second-order valence-corrected chi connectivity index (χ2v) is 5.93. The van der Waals surface area contributed by atoms with Crippen molar-refractivity contribution in [2.45, 2.75) is 13.5 Å². The van der Waals surface area contributed by atoms with E-state index in [0.29, 0.717) is 11.4 Å². The van der Waals surface area contributed by atoms with Crippen LogP contribution in [-0.4, -0.2) is 20.4 Å². The lowest BCUT2D eigenvalue weighted by molar-refractivity contribution is -0.384. The number of nitro benzene ring substituents is 1.